The first kappa shape index (κ1) is 16.7. The van der Waals surface area contributed by atoms with E-state index >= 15 is 0 Å². The number of thiophene rings is 1. The lowest BCUT2D eigenvalue weighted by atomic mass is 10.1. The summed E-state index contributed by atoms with van der Waals surface area (Å²) < 4.78 is 2.01. The van der Waals surface area contributed by atoms with E-state index in [1.54, 1.807) is 23.3 Å². The Morgan fingerprint density at radius 3 is 2.80 bits per heavy atom. The van der Waals surface area contributed by atoms with Crippen molar-refractivity contribution >= 4 is 34.9 Å². The monoisotopic (exact) mass is 375 g/mol. The van der Waals surface area contributed by atoms with Gasteiger partial charge in [-0.05, 0) is 42.7 Å². The summed E-state index contributed by atoms with van der Waals surface area (Å²) in [5.41, 5.74) is 1.95. The first-order valence-electron chi connectivity index (χ1n) is 8.54. The van der Waals surface area contributed by atoms with Crippen molar-refractivity contribution in [2.24, 2.45) is 0 Å². The molecule has 4 rings (SSSR count). The Hall–Kier alpha value is -1.73. The van der Waals surface area contributed by atoms with Crippen molar-refractivity contribution in [2.75, 3.05) is 19.3 Å². The van der Waals surface area contributed by atoms with Crippen molar-refractivity contribution < 1.29 is 9.59 Å². The zero-order valence-corrected chi connectivity index (χ0v) is 15.8. The van der Waals surface area contributed by atoms with Crippen LogP contribution in [0.4, 0.5) is 0 Å². The molecular formula is C18H21N3O2S2. The van der Waals surface area contributed by atoms with Gasteiger partial charge in [0.15, 0.2) is 0 Å². The molecule has 0 atom stereocenters. The highest BCUT2D eigenvalue weighted by molar-refractivity contribution is 7.98. The number of nitrogens with zero attached hydrogens (tertiary/aromatic N) is 2. The molecule has 0 unspecified atom stereocenters. The summed E-state index contributed by atoms with van der Waals surface area (Å²) in [5, 5.41) is 3.92. The quantitative estimate of drug-likeness (QED) is 0.874. The summed E-state index contributed by atoms with van der Waals surface area (Å²) in [6, 6.07) is 4.25. The van der Waals surface area contributed by atoms with Gasteiger partial charge in [-0.1, -0.05) is 0 Å². The molecule has 2 aromatic heterocycles. The third-order valence-corrected chi connectivity index (χ3v) is 6.94. The predicted molar refractivity (Wildman–Crippen MR) is 102 cm³/mol. The van der Waals surface area contributed by atoms with E-state index in [1.165, 1.54) is 10.4 Å². The van der Waals surface area contributed by atoms with Crippen LogP contribution in [0.2, 0.25) is 0 Å². The summed E-state index contributed by atoms with van der Waals surface area (Å²) in [5.74, 6) is 1.88. The Morgan fingerprint density at radius 1 is 1.32 bits per heavy atom. The molecule has 0 saturated heterocycles. The van der Waals surface area contributed by atoms with E-state index < -0.39 is 0 Å². The number of hydrogen-bond acceptors (Lipinski definition) is 4. The third kappa shape index (κ3) is 3.48. The van der Waals surface area contributed by atoms with E-state index in [0.717, 1.165) is 41.3 Å². The van der Waals surface area contributed by atoms with Crippen molar-refractivity contribution in [3.63, 3.8) is 0 Å². The number of carbonyl (C=O) groups excluding carboxylic acids is 2. The van der Waals surface area contributed by atoms with Gasteiger partial charge in [0.05, 0.1) is 12.1 Å². The van der Waals surface area contributed by atoms with Gasteiger partial charge < -0.3 is 14.8 Å². The van der Waals surface area contributed by atoms with Gasteiger partial charge in [0.2, 0.25) is 5.91 Å². The Labute approximate surface area is 155 Å². The van der Waals surface area contributed by atoms with Crippen LogP contribution < -0.4 is 5.32 Å². The van der Waals surface area contributed by atoms with Crippen LogP contribution in [0.25, 0.3) is 5.00 Å². The molecule has 3 heterocycles. The maximum atomic E-state index is 13.2. The molecule has 2 aliphatic rings. The Balaban J connectivity index is 1.62. The molecule has 1 N–H and O–H groups in total. The Kier molecular flexibility index (Phi) is 4.60. The fourth-order valence-electron chi connectivity index (χ4n) is 3.07. The highest BCUT2D eigenvalue weighted by Crippen LogP contribution is 2.38. The maximum absolute atomic E-state index is 13.2. The van der Waals surface area contributed by atoms with Crippen LogP contribution in [0.1, 0.15) is 33.6 Å². The number of carbonyl (C=O) groups is 2. The maximum Gasteiger partial charge on any atom is 0.257 e. The van der Waals surface area contributed by atoms with E-state index in [4.69, 9.17) is 0 Å². The molecule has 0 aromatic carbocycles. The molecule has 1 fully saturated rings. The fourth-order valence-corrected chi connectivity index (χ4v) is 5.51. The van der Waals surface area contributed by atoms with Gasteiger partial charge >= 0.3 is 0 Å². The largest absolute Gasteiger partial charge is 0.352 e. The summed E-state index contributed by atoms with van der Waals surface area (Å²) in [7, 11) is 1.72. The molecule has 7 heteroatoms. The molecule has 2 aromatic rings. The fraction of sp³-hybridized carbons (Fsp3) is 0.444. The second kappa shape index (κ2) is 6.88. The first-order chi connectivity index (χ1) is 12.1. The van der Waals surface area contributed by atoms with Crippen molar-refractivity contribution in [1.29, 1.82) is 0 Å². The van der Waals surface area contributed by atoms with Crippen molar-refractivity contribution in [2.45, 2.75) is 31.1 Å². The Bertz CT molecular complexity index is 794. The zero-order valence-electron chi connectivity index (χ0n) is 14.2. The highest BCUT2D eigenvalue weighted by atomic mass is 32.2. The lowest BCUT2D eigenvalue weighted by Crippen LogP contribution is -2.39. The molecule has 25 heavy (non-hydrogen) atoms. The number of likely N-dealkylation sites (N-methyl/N-ethyl adjacent to an activating group) is 1. The lowest BCUT2D eigenvalue weighted by molar-refractivity contribution is -0.121. The molecule has 1 aliphatic heterocycles. The van der Waals surface area contributed by atoms with E-state index in [-0.39, 0.29) is 18.4 Å². The second-order valence-corrected chi connectivity index (χ2v) is 8.77. The van der Waals surface area contributed by atoms with Gasteiger partial charge in [-0.3, -0.25) is 9.59 Å². The number of amides is 2. The van der Waals surface area contributed by atoms with E-state index in [0.29, 0.717) is 6.04 Å². The third-order valence-electron chi connectivity index (χ3n) is 4.52. The molecule has 1 aliphatic carbocycles. The average Bonchev–Trinajstić information content (AvgIpc) is 3.12. The number of fused-ring (bicyclic) bond motifs is 1. The minimum atomic E-state index is -0.0690. The molecule has 2 amide bonds. The van der Waals surface area contributed by atoms with Crippen molar-refractivity contribution in [3.8, 4) is 5.00 Å². The number of nitrogens with one attached hydrogen (secondary N) is 1. The Morgan fingerprint density at radius 2 is 2.08 bits per heavy atom. The van der Waals surface area contributed by atoms with Gasteiger partial charge in [-0.15, -0.1) is 11.3 Å². The minimum absolute atomic E-state index is 0.0564. The van der Waals surface area contributed by atoms with Gasteiger partial charge in [0.25, 0.3) is 5.91 Å². The van der Waals surface area contributed by atoms with E-state index in [9.17, 15) is 9.59 Å². The number of hydrogen-bond donors (Lipinski definition) is 1. The van der Waals surface area contributed by atoms with Crippen molar-refractivity contribution in [1.82, 2.24) is 14.8 Å². The first-order valence-corrected chi connectivity index (χ1v) is 10.5. The number of thioether (sulfide) groups is 1. The predicted octanol–water partition coefficient (Wildman–Crippen LogP) is 2.68. The summed E-state index contributed by atoms with van der Waals surface area (Å²) in [6.07, 6.45) is 6.97. The average molecular weight is 376 g/mol. The van der Waals surface area contributed by atoms with Crippen LogP contribution in [0, 0.1) is 0 Å². The summed E-state index contributed by atoms with van der Waals surface area (Å²) >= 11 is 3.61. The van der Waals surface area contributed by atoms with Gasteiger partial charge in [0, 0.05) is 36.1 Å². The van der Waals surface area contributed by atoms with E-state index in [2.05, 4.69) is 5.32 Å². The molecule has 1 saturated carbocycles. The molecule has 132 valence electrons. The van der Waals surface area contributed by atoms with Crippen molar-refractivity contribution in [3.05, 3.63) is 40.5 Å². The van der Waals surface area contributed by atoms with E-state index in [1.807, 2.05) is 40.9 Å². The van der Waals surface area contributed by atoms with Crippen LogP contribution in [-0.4, -0.2) is 46.7 Å². The smallest absolute Gasteiger partial charge is 0.257 e. The summed E-state index contributed by atoms with van der Waals surface area (Å²) in [6.45, 7) is 0.111. The molecule has 5 nitrogen and oxygen atoms in total. The molecular weight excluding hydrogens is 354 g/mol. The minimum Gasteiger partial charge on any atom is -0.352 e. The summed E-state index contributed by atoms with van der Waals surface area (Å²) in [4.78, 5) is 28.1. The standard InChI is InChI=1S/C18H21N3O2S2/c1-20(10-15(22)19-12-4-5-12)17(23)16-13-6-9-24-11-14(13)25-18(16)21-7-2-3-8-21/h2-3,7-8,12H,4-6,9-11H2,1H3,(H,19,22). The normalized spacial score (nSPS) is 16.4. The SMILES string of the molecule is CN(CC(=O)NC1CC1)C(=O)c1c(-n2cccc2)sc2c1CCSC2. The molecule has 0 radical (unpaired) electrons. The second-order valence-electron chi connectivity index (χ2n) is 6.58. The lowest BCUT2D eigenvalue weighted by Gasteiger charge is -2.19. The number of aromatic nitrogens is 1. The number of rotatable bonds is 5. The highest BCUT2D eigenvalue weighted by Gasteiger charge is 2.29. The topological polar surface area (TPSA) is 54.3 Å². The van der Waals surface area contributed by atoms with Crippen LogP contribution >= 0.6 is 23.1 Å². The van der Waals surface area contributed by atoms with Crippen LogP contribution in [0.5, 0.6) is 0 Å². The van der Waals surface area contributed by atoms with Crippen LogP contribution in [-0.2, 0) is 17.0 Å². The zero-order chi connectivity index (χ0) is 17.4. The van der Waals surface area contributed by atoms with Crippen LogP contribution in [0.15, 0.2) is 24.5 Å². The van der Waals surface area contributed by atoms with Gasteiger partial charge in [0.1, 0.15) is 5.00 Å². The van der Waals surface area contributed by atoms with Gasteiger partial charge in [-0.2, -0.15) is 11.8 Å². The van der Waals surface area contributed by atoms with Gasteiger partial charge in [-0.25, -0.2) is 0 Å². The van der Waals surface area contributed by atoms with Crippen LogP contribution in [0.3, 0.4) is 0 Å². The molecule has 0 spiro atoms. The molecule has 0 bridgehead atoms.